The smallest absolute Gasteiger partial charge is 0.219 e. The number of pyridine rings is 1. The fourth-order valence-electron chi connectivity index (χ4n) is 2.31. The average molecular weight is 262 g/mol. The van der Waals surface area contributed by atoms with Crippen LogP contribution in [0.5, 0.6) is 0 Å². The van der Waals surface area contributed by atoms with Crippen LogP contribution < -0.4 is 10.2 Å². The number of aromatic nitrogens is 1. The fraction of sp³-hybridized carbons (Fsp3) is 0.571. The van der Waals surface area contributed by atoms with Crippen LogP contribution in [0.3, 0.4) is 0 Å². The molecule has 1 aliphatic rings. The first-order chi connectivity index (χ1) is 9.06. The number of carbonyl (C=O) groups excluding carboxylic acids is 1. The molecule has 19 heavy (non-hydrogen) atoms. The number of nitrogens with zero attached hydrogens (tertiary/aromatic N) is 3. The van der Waals surface area contributed by atoms with Crippen molar-refractivity contribution in [1.82, 2.24) is 9.88 Å². The van der Waals surface area contributed by atoms with Gasteiger partial charge in [0.15, 0.2) is 0 Å². The molecule has 1 aromatic rings. The second-order valence-electron chi connectivity index (χ2n) is 5.22. The van der Waals surface area contributed by atoms with Gasteiger partial charge in [-0.25, -0.2) is 4.98 Å². The van der Waals surface area contributed by atoms with Gasteiger partial charge in [0.2, 0.25) is 5.91 Å². The van der Waals surface area contributed by atoms with E-state index in [-0.39, 0.29) is 5.91 Å². The van der Waals surface area contributed by atoms with Gasteiger partial charge in [-0.05, 0) is 25.0 Å². The van der Waals surface area contributed by atoms with E-state index in [2.05, 4.69) is 16.4 Å². The summed E-state index contributed by atoms with van der Waals surface area (Å²) < 4.78 is 0. The van der Waals surface area contributed by atoms with Crippen LogP contribution in [-0.4, -0.2) is 49.0 Å². The first-order valence-corrected chi connectivity index (χ1v) is 6.71. The van der Waals surface area contributed by atoms with Crippen molar-refractivity contribution in [3.8, 4) is 0 Å². The van der Waals surface area contributed by atoms with Crippen LogP contribution in [-0.2, 0) is 4.79 Å². The van der Waals surface area contributed by atoms with Gasteiger partial charge in [-0.2, -0.15) is 0 Å². The maximum absolute atomic E-state index is 11.3. The van der Waals surface area contributed by atoms with Crippen LogP contribution in [0.1, 0.15) is 19.8 Å². The predicted octanol–water partition coefficient (Wildman–Crippen LogP) is 1.57. The largest absolute Gasteiger partial charge is 0.381 e. The van der Waals surface area contributed by atoms with Crippen LogP contribution in [0.4, 0.5) is 11.5 Å². The van der Waals surface area contributed by atoms with Gasteiger partial charge < -0.3 is 15.1 Å². The maximum Gasteiger partial charge on any atom is 0.219 e. The Labute approximate surface area is 114 Å². The summed E-state index contributed by atoms with van der Waals surface area (Å²) in [6, 6.07) is 4.50. The minimum absolute atomic E-state index is 0.176. The highest BCUT2D eigenvalue weighted by molar-refractivity contribution is 5.73. The van der Waals surface area contributed by atoms with Gasteiger partial charge in [-0.1, -0.05) is 0 Å². The van der Waals surface area contributed by atoms with Crippen molar-refractivity contribution < 1.29 is 4.79 Å². The molecule has 0 bridgehead atoms. The molecule has 104 valence electrons. The predicted molar refractivity (Wildman–Crippen MR) is 77.5 cm³/mol. The molecule has 0 aromatic carbocycles. The van der Waals surface area contributed by atoms with Crippen LogP contribution in [0.15, 0.2) is 18.3 Å². The zero-order valence-corrected chi connectivity index (χ0v) is 11.9. The molecule has 0 radical (unpaired) electrons. The Balaban J connectivity index is 1.87. The zero-order valence-electron chi connectivity index (χ0n) is 11.9. The molecule has 0 spiro atoms. The second kappa shape index (κ2) is 5.91. The van der Waals surface area contributed by atoms with Crippen molar-refractivity contribution in [3.63, 3.8) is 0 Å². The number of likely N-dealkylation sites (tertiary alicyclic amines) is 1. The average Bonchev–Trinajstić information content (AvgIpc) is 2.40. The SMILES string of the molecule is CC(=O)N1CCC(Nc2ccc(N(C)C)nc2)CC1. The number of hydrogen-bond donors (Lipinski definition) is 1. The number of rotatable bonds is 3. The van der Waals surface area contributed by atoms with Gasteiger partial charge in [0, 0.05) is 40.2 Å². The van der Waals surface area contributed by atoms with Crippen molar-refractivity contribution in [1.29, 1.82) is 0 Å². The number of hydrogen-bond acceptors (Lipinski definition) is 4. The van der Waals surface area contributed by atoms with E-state index < -0.39 is 0 Å². The molecule has 5 nitrogen and oxygen atoms in total. The van der Waals surface area contributed by atoms with Crippen LogP contribution in [0, 0.1) is 0 Å². The third-order valence-electron chi connectivity index (χ3n) is 3.52. The Morgan fingerprint density at radius 2 is 2.05 bits per heavy atom. The first-order valence-electron chi connectivity index (χ1n) is 6.71. The van der Waals surface area contributed by atoms with Gasteiger partial charge in [-0.15, -0.1) is 0 Å². The molecule has 1 amide bonds. The third-order valence-corrected chi connectivity index (χ3v) is 3.52. The topological polar surface area (TPSA) is 48.5 Å². The van der Waals surface area contributed by atoms with Crippen molar-refractivity contribution in [2.45, 2.75) is 25.8 Å². The summed E-state index contributed by atoms with van der Waals surface area (Å²) in [5.41, 5.74) is 1.05. The summed E-state index contributed by atoms with van der Waals surface area (Å²) >= 11 is 0. The lowest BCUT2D eigenvalue weighted by molar-refractivity contribution is -0.129. The lowest BCUT2D eigenvalue weighted by Gasteiger charge is -2.32. The number of amides is 1. The Hall–Kier alpha value is -1.78. The van der Waals surface area contributed by atoms with E-state index in [1.807, 2.05) is 36.2 Å². The lowest BCUT2D eigenvalue weighted by Crippen LogP contribution is -2.41. The number of anilines is 2. The first kappa shape index (κ1) is 13.6. The van der Waals surface area contributed by atoms with E-state index in [1.54, 1.807) is 6.92 Å². The van der Waals surface area contributed by atoms with Crippen molar-refractivity contribution in [2.24, 2.45) is 0 Å². The molecule has 1 aliphatic heterocycles. The number of piperidine rings is 1. The summed E-state index contributed by atoms with van der Waals surface area (Å²) in [4.78, 5) is 19.5. The molecule has 2 heterocycles. The maximum atomic E-state index is 11.3. The molecule has 1 N–H and O–H groups in total. The van der Waals surface area contributed by atoms with Crippen LogP contribution in [0.25, 0.3) is 0 Å². The Morgan fingerprint density at radius 1 is 1.37 bits per heavy atom. The van der Waals surface area contributed by atoms with E-state index >= 15 is 0 Å². The highest BCUT2D eigenvalue weighted by Crippen LogP contribution is 2.17. The molecule has 5 heteroatoms. The van der Waals surface area contributed by atoms with Crippen molar-refractivity contribution >= 4 is 17.4 Å². The minimum Gasteiger partial charge on any atom is -0.381 e. The molecule has 0 aliphatic carbocycles. The third kappa shape index (κ3) is 3.59. The Morgan fingerprint density at radius 3 is 2.53 bits per heavy atom. The standard InChI is InChI=1S/C14H22N4O/c1-11(19)18-8-6-12(7-9-18)16-13-4-5-14(15-10-13)17(2)3/h4-5,10,12,16H,6-9H2,1-3H3. The fourth-order valence-corrected chi connectivity index (χ4v) is 2.31. The van der Waals surface area contributed by atoms with E-state index in [0.29, 0.717) is 6.04 Å². The van der Waals surface area contributed by atoms with Gasteiger partial charge in [0.05, 0.1) is 11.9 Å². The summed E-state index contributed by atoms with van der Waals surface area (Å²) in [5.74, 6) is 1.13. The Kier molecular flexibility index (Phi) is 4.24. The molecule has 2 rings (SSSR count). The van der Waals surface area contributed by atoms with Gasteiger partial charge in [-0.3, -0.25) is 4.79 Å². The minimum atomic E-state index is 0.176. The summed E-state index contributed by atoms with van der Waals surface area (Å²) in [7, 11) is 3.96. The highest BCUT2D eigenvalue weighted by Gasteiger charge is 2.20. The number of carbonyl (C=O) groups is 1. The van der Waals surface area contributed by atoms with E-state index in [0.717, 1.165) is 37.4 Å². The van der Waals surface area contributed by atoms with Crippen LogP contribution >= 0.6 is 0 Å². The summed E-state index contributed by atoms with van der Waals surface area (Å²) in [6.45, 7) is 3.32. The van der Waals surface area contributed by atoms with Crippen molar-refractivity contribution in [2.75, 3.05) is 37.4 Å². The van der Waals surface area contributed by atoms with E-state index in [1.165, 1.54) is 0 Å². The molecular weight excluding hydrogens is 240 g/mol. The summed E-state index contributed by atoms with van der Waals surface area (Å²) in [5, 5.41) is 3.49. The second-order valence-corrected chi connectivity index (χ2v) is 5.22. The zero-order chi connectivity index (χ0) is 13.8. The molecule has 1 fully saturated rings. The normalized spacial score (nSPS) is 16.3. The lowest BCUT2D eigenvalue weighted by atomic mass is 10.0. The van der Waals surface area contributed by atoms with Gasteiger partial charge in [0.25, 0.3) is 0 Å². The van der Waals surface area contributed by atoms with Gasteiger partial charge >= 0.3 is 0 Å². The number of nitrogens with one attached hydrogen (secondary N) is 1. The van der Waals surface area contributed by atoms with Crippen molar-refractivity contribution in [3.05, 3.63) is 18.3 Å². The molecular formula is C14H22N4O. The van der Waals surface area contributed by atoms with Gasteiger partial charge in [0.1, 0.15) is 5.82 Å². The van der Waals surface area contributed by atoms with Crippen LogP contribution in [0.2, 0.25) is 0 Å². The quantitative estimate of drug-likeness (QED) is 0.898. The summed E-state index contributed by atoms with van der Waals surface area (Å²) in [6.07, 6.45) is 3.86. The molecule has 0 saturated carbocycles. The molecule has 1 aromatic heterocycles. The van der Waals surface area contributed by atoms with E-state index in [4.69, 9.17) is 0 Å². The molecule has 0 atom stereocenters. The van der Waals surface area contributed by atoms with E-state index in [9.17, 15) is 4.79 Å². The molecule has 0 unspecified atom stereocenters. The highest BCUT2D eigenvalue weighted by atomic mass is 16.2. The molecule has 1 saturated heterocycles. The monoisotopic (exact) mass is 262 g/mol. The Bertz CT molecular complexity index is 422.